The Kier molecular flexibility index (Phi) is 5.15. The normalized spacial score (nSPS) is 22.9. The van der Waals surface area contributed by atoms with E-state index in [1.165, 1.54) is 0 Å². The minimum atomic E-state index is -0.496. The Morgan fingerprint density at radius 1 is 1.47 bits per heavy atom. The Hall–Kier alpha value is -0.260. The molecule has 2 rings (SSSR count). The quantitative estimate of drug-likeness (QED) is 0.690. The van der Waals surface area contributed by atoms with Gasteiger partial charge in [0.25, 0.3) is 0 Å². The second kappa shape index (κ2) is 6.46. The molecule has 1 aliphatic heterocycles. The largest absolute Gasteiger partial charge is 0.465 e. The van der Waals surface area contributed by atoms with Gasteiger partial charge < -0.3 is 9.47 Å². The number of carbonyl (C=O) groups is 1. The second-order valence-corrected chi connectivity index (χ2v) is 7.02. The number of esters is 1. The van der Waals surface area contributed by atoms with Crippen LogP contribution in [0.4, 0.5) is 0 Å². The van der Waals surface area contributed by atoms with Gasteiger partial charge in [0, 0.05) is 11.8 Å². The molecule has 2 aliphatic rings. The first-order chi connectivity index (χ1) is 9.08. The van der Waals surface area contributed by atoms with Crippen molar-refractivity contribution in [3.63, 3.8) is 0 Å². The van der Waals surface area contributed by atoms with Gasteiger partial charge in [-0.2, -0.15) is 11.8 Å². The van der Waals surface area contributed by atoms with Crippen LogP contribution in [0.15, 0.2) is 0 Å². The summed E-state index contributed by atoms with van der Waals surface area (Å²) in [4.78, 5) is 12.5. The summed E-state index contributed by atoms with van der Waals surface area (Å²) < 4.78 is 10.6. The average molecular weight is 287 g/mol. The van der Waals surface area contributed by atoms with Crippen LogP contribution in [0.25, 0.3) is 0 Å². The van der Waals surface area contributed by atoms with Gasteiger partial charge in [-0.05, 0) is 39.5 Å². The number of rotatable bonds is 8. The topological polar surface area (TPSA) is 47.6 Å². The van der Waals surface area contributed by atoms with Gasteiger partial charge in [0.05, 0.1) is 25.1 Å². The molecule has 1 heterocycles. The minimum Gasteiger partial charge on any atom is -0.465 e. The molecule has 0 aromatic carbocycles. The van der Waals surface area contributed by atoms with E-state index >= 15 is 0 Å². The van der Waals surface area contributed by atoms with E-state index in [4.69, 9.17) is 9.47 Å². The Morgan fingerprint density at radius 2 is 2.16 bits per heavy atom. The van der Waals surface area contributed by atoms with Gasteiger partial charge in [-0.3, -0.25) is 10.1 Å². The van der Waals surface area contributed by atoms with E-state index in [-0.39, 0.29) is 12.0 Å². The summed E-state index contributed by atoms with van der Waals surface area (Å²) in [7, 11) is 0. The van der Waals surface area contributed by atoms with Crippen molar-refractivity contribution < 1.29 is 14.3 Å². The molecule has 2 fully saturated rings. The summed E-state index contributed by atoms with van der Waals surface area (Å²) >= 11 is 1.85. The van der Waals surface area contributed by atoms with Gasteiger partial charge in [-0.15, -0.1) is 0 Å². The van der Waals surface area contributed by atoms with Crippen molar-refractivity contribution in [2.24, 2.45) is 5.92 Å². The molecule has 110 valence electrons. The fourth-order valence-corrected chi connectivity index (χ4v) is 3.79. The third kappa shape index (κ3) is 3.64. The fraction of sp³-hybridized carbons (Fsp3) is 0.929. The molecule has 1 atom stereocenters. The lowest BCUT2D eigenvalue weighted by Crippen LogP contribution is -2.59. The molecule has 0 aromatic rings. The predicted molar refractivity (Wildman–Crippen MR) is 77.4 cm³/mol. The zero-order chi connectivity index (χ0) is 13.9. The molecular formula is C14H25NO3S. The number of hydrogen-bond acceptors (Lipinski definition) is 5. The van der Waals surface area contributed by atoms with Crippen molar-refractivity contribution in [1.82, 2.24) is 5.32 Å². The van der Waals surface area contributed by atoms with Crippen molar-refractivity contribution >= 4 is 17.7 Å². The van der Waals surface area contributed by atoms with Gasteiger partial charge >= 0.3 is 5.97 Å². The Morgan fingerprint density at radius 3 is 2.58 bits per heavy atom. The van der Waals surface area contributed by atoms with Gasteiger partial charge in [0.2, 0.25) is 0 Å². The van der Waals surface area contributed by atoms with Gasteiger partial charge in [0.15, 0.2) is 0 Å². The number of thioether (sulfide) groups is 1. The van der Waals surface area contributed by atoms with Gasteiger partial charge in [-0.25, -0.2) is 0 Å². The molecule has 19 heavy (non-hydrogen) atoms. The molecule has 1 saturated heterocycles. The monoisotopic (exact) mass is 287 g/mol. The van der Waals surface area contributed by atoms with Crippen molar-refractivity contribution in [2.75, 3.05) is 25.6 Å². The van der Waals surface area contributed by atoms with Crippen LogP contribution in [0.5, 0.6) is 0 Å². The predicted octanol–water partition coefficient (Wildman–Crippen LogP) is 1.83. The molecule has 0 aromatic heterocycles. The van der Waals surface area contributed by atoms with Crippen molar-refractivity contribution in [3.05, 3.63) is 0 Å². The molecule has 0 spiro atoms. The highest BCUT2D eigenvalue weighted by Gasteiger charge is 2.52. The number of hydrogen-bond donors (Lipinski definition) is 1. The van der Waals surface area contributed by atoms with Crippen LogP contribution in [0, 0.1) is 5.92 Å². The van der Waals surface area contributed by atoms with Crippen LogP contribution in [0.1, 0.15) is 33.6 Å². The van der Waals surface area contributed by atoms with Gasteiger partial charge in [-0.1, -0.05) is 0 Å². The first-order valence-corrected chi connectivity index (χ1v) is 8.27. The zero-order valence-corrected chi connectivity index (χ0v) is 12.9. The summed E-state index contributed by atoms with van der Waals surface area (Å²) in [5.74, 6) is 1.16. The maximum atomic E-state index is 12.5. The minimum absolute atomic E-state index is 0.0704. The van der Waals surface area contributed by atoms with E-state index < -0.39 is 5.54 Å². The Bertz CT molecular complexity index is 316. The molecule has 1 saturated carbocycles. The fourth-order valence-electron chi connectivity index (χ4n) is 2.47. The lowest BCUT2D eigenvalue weighted by atomic mass is 9.94. The lowest BCUT2D eigenvalue weighted by Gasteiger charge is -2.36. The number of carbonyl (C=O) groups excluding carboxylic acids is 1. The third-order valence-corrected chi connectivity index (χ3v) is 4.98. The molecular weight excluding hydrogens is 262 g/mol. The van der Waals surface area contributed by atoms with Crippen molar-refractivity contribution in [1.29, 1.82) is 0 Å². The van der Waals surface area contributed by atoms with Crippen LogP contribution in [-0.2, 0) is 14.3 Å². The average Bonchev–Trinajstić information content (AvgIpc) is 3.09. The SMILES string of the molecule is CCOC(=O)C(CSC1COC1)(NC(C)C)C1CC1. The molecule has 1 aliphatic carbocycles. The highest BCUT2D eigenvalue weighted by molar-refractivity contribution is 8.00. The summed E-state index contributed by atoms with van der Waals surface area (Å²) in [6.45, 7) is 8.13. The Balaban J connectivity index is 2.05. The molecule has 1 unspecified atom stereocenters. The lowest BCUT2D eigenvalue weighted by molar-refractivity contribution is -0.151. The smallest absolute Gasteiger partial charge is 0.327 e. The molecule has 5 heteroatoms. The van der Waals surface area contributed by atoms with Crippen LogP contribution in [0.3, 0.4) is 0 Å². The van der Waals surface area contributed by atoms with E-state index in [1.54, 1.807) is 0 Å². The first-order valence-electron chi connectivity index (χ1n) is 7.22. The van der Waals surface area contributed by atoms with E-state index in [0.29, 0.717) is 17.8 Å². The van der Waals surface area contributed by atoms with E-state index in [0.717, 1.165) is 31.8 Å². The number of nitrogens with one attached hydrogen (secondary N) is 1. The molecule has 0 amide bonds. The summed E-state index contributed by atoms with van der Waals surface area (Å²) in [6, 6.07) is 0.281. The molecule has 4 nitrogen and oxygen atoms in total. The molecule has 1 N–H and O–H groups in total. The van der Waals surface area contributed by atoms with Crippen LogP contribution >= 0.6 is 11.8 Å². The highest BCUT2D eigenvalue weighted by atomic mass is 32.2. The summed E-state index contributed by atoms with van der Waals surface area (Å²) in [6.07, 6.45) is 2.25. The van der Waals surface area contributed by atoms with Gasteiger partial charge in [0.1, 0.15) is 5.54 Å². The molecule has 0 bridgehead atoms. The van der Waals surface area contributed by atoms with E-state index in [9.17, 15) is 4.79 Å². The summed E-state index contributed by atoms with van der Waals surface area (Å²) in [5.41, 5.74) is -0.496. The summed E-state index contributed by atoms with van der Waals surface area (Å²) in [5, 5.41) is 4.05. The van der Waals surface area contributed by atoms with Crippen molar-refractivity contribution in [3.8, 4) is 0 Å². The maximum absolute atomic E-state index is 12.5. The van der Waals surface area contributed by atoms with Crippen molar-refractivity contribution in [2.45, 2.75) is 50.4 Å². The van der Waals surface area contributed by atoms with E-state index in [1.807, 2.05) is 18.7 Å². The van der Waals surface area contributed by atoms with Crippen LogP contribution in [-0.4, -0.2) is 48.4 Å². The molecule has 0 radical (unpaired) electrons. The standard InChI is InChI=1S/C14H25NO3S/c1-4-18-13(16)14(11-5-6-11,15-10(2)3)9-19-12-7-17-8-12/h10-12,15H,4-9H2,1-3H3. The van der Waals surface area contributed by atoms with Crippen LogP contribution < -0.4 is 5.32 Å². The second-order valence-electron chi connectivity index (χ2n) is 5.74. The first kappa shape index (κ1) is 15.1. The third-order valence-electron chi connectivity index (χ3n) is 3.61. The highest BCUT2D eigenvalue weighted by Crippen LogP contribution is 2.43. The Labute approximate surface area is 120 Å². The van der Waals surface area contributed by atoms with Crippen LogP contribution in [0.2, 0.25) is 0 Å². The van der Waals surface area contributed by atoms with E-state index in [2.05, 4.69) is 19.2 Å². The maximum Gasteiger partial charge on any atom is 0.327 e. The zero-order valence-electron chi connectivity index (χ0n) is 12.1. The number of ether oxygens (including phenoxy) is 2.